The second-order valence-electron chi connectivity index (χ2n) is 7.16. The van der Waals surface area contributed by atoms with E-state index in [0.29, 0.717) is 31.4 Å². The Bertz CT molecular complexity index is 780. The van der Waals surface area contributed by atoms with Crippen molar-refractivity contribution in [1.29, 1.82) is 0 Å². The van der Waals surface area contributed by atoms with Gasteiger partial charge in [-0.15, -0.1) is 0 Å². The molecule has 2 amide bonds. The van der Waals surface area contributed by atoms with Crippen molar-refractivity contribution in [3.8, 4) is 0 Å². The quantitative estimate of drug-likeness (QED) is 0.863. The van der Waals surface area contributed by atoms with Gasteiger partial charge in [0.05, 0.1) is 0 Å². The largest absolute Gasteiger partial charge is 0.350 e. The third-order valence-corrected chi connectivity index (χ3v) is 5.27. The van der Waals surface area contributed by atoms with E-state index in [1.807, 2.05) is 24.0 Å². The predicted octanol–water partition coefficient (Wildman–Crippen LogP) is 4.48. The molecule has 1 saturated heterocycles. The number of piperazine rings is 1. The Morgan fingerprint density at radius 1 is 1.30 bits per heavy atom. The van der Waals surface area contributed by atoms with E-state index in [1.165, 1.54) is 11.6 Å². The van der Waals surface area contributed by atoms with Gasteiger partial charge in [-0.1, -0.05) is 26.0 Å². The Morgan fingerprint density at radius 3 is 2.67 bits per heavy atom. The summed E-state index contributed by atoms with van der Waals surface area (Å²) in [4.78, 5) is 20.5. The molecule has 0 saturated carbocycles. The van der Waals surface area contributed by atoms with Crippen LogP contribution in [0.5, 0.6) is 0 Å². The van der Waals surface area contributed by atoms with Gasteiger partial charge in [0, 0.05) is 37.6 Å². The molecule has 1 aliphatic rings. The topological polar surface area (TPSA) is 48.5 Å². The zero-order chi connectivity index (χ0) is 19.4. The maximum Gasteiger partial charge on any atom is 0.322 e. The van der Waals surface area contributed by atoms with E-state index < -0.39 is 0 Å². The highest BCUT2D eigenvalue weighted by Gasteiger charge is 2.29. The number of nitrogens with zero attached hydrogens (tertiary/aromatic N) is 3. The van der Waals surface area contributed by atoms with Gasteiger partial charge >= 0.3 is 6.03 Å². The van der Waals surface area contributed by atoms with E-state index in [0.717, 1.165) is 12.1 Å². The van der Waals surface area contributed by atoms with Gasteiger partial charge < -0.3 is 15.1 Å². The van der Waals surface area contributed by atoms with Crippen LogP contribution in [0.3, 0.4) is 0 Å². The fourth-order valence-corrected chi connectivity index (χ4v) is 3.39. The minimum Gasteiger partial charge on any atom is -0.350 e. The summed E-state index contributed by atoms with van der Waals surface area (Å²) in [6.07, 6.45) is 2.68. The van der Waals surface area contributed by atoms with Gasteiger partial charge in [-0.2, -0.15) is 0 Å². The summed E-state index contributed by atoms with van der Waals surface area (Å²) in [5.41, 5.74) is 2.06. The molecule has 0 bridgehead atoms. The molecule has 6 heteroatoms. The fourth-order valence-electron chi connectivity index (χ4n) is 3.39. The minimum absolute atomic E-state index is 0.0421. The number of benzene rings is 1. The second-order valence-corrected chi connectivity index (χ2v) is 7.16. The average molecular weight is 370 g/mol. The summed E-state index contributed by atoms with van der Waals surface area (Å²) in [6, 6.07) is 10.9. The SMILES string of the molecule is CC[C@@H](C)c1ccc(NC(=O)N2CCN(c3ncccc3F)C[C@H]2C)cc1. The smallest absolute Gasteiger partial charge is 0.322 e. The first kappa shape index (κ1) is 19.1. The van der Waals surface area contributed by atoms with Crippen LogP contribution in [-0.2, 0) is 0 Å². The van der Waals surface area contributed by atoms with Crippen molar-refractivity contribution >= 4 is 17.5 Å². The lowest BCUT2D eigenvalue weighted by Crippen LogP contribution is -2.55. The Hall–Kier alpha value is -2.63. The summed E-state index contributed by atoms with van der Waals surface area (Å²) >= 11 is 0. The normalized spacial score (nSPS) is 18.3. The monoisotopic (exact) mass is 370 g/mol. The van der Waals surface area contributed by atoms with E-state index in [4.69, 9.17) is 0 Å². The molecule has 1 aliphatic heterocycles. The summed E-state index contributed by atoms with van der Waals surface area (Å²) in [5, 5.41) is 2.97. The fraction of sp³-hybridized carbons (Fsp3) is 0.429. The van der Waals surface area contributed by atoms with Crippen LogP contribution in [0.25, 0.3) is 0 Å². The molecule has 2 aromatic rings. The second kappa shape index (κ2) is 8.37. The Kier molecular flexibility index (Phi) is 5.94. The molecular weight excluding hydrogens is 343 g/mol. The highest BCUT2D eigenvalue weighted by molar-refractivity contribution is 5.89. The van der Waals surface area contributed by atoms with Crippen molar-refractivity contribution < 1.29 is 9.18 Å². The van der Waals surface area contributed by atoms with Gasteiger partial charge in [0.25, 0.3) is 0 Å². The number of urea groups is 1. The predicted molar refractivity (Wildman–Crippen MR) is 107 cm³/mol. The molecule has 0 radical (unpaired) electrons. The van der Waals surface area contributed by atoms with Crippen molar-refractivity contribution in [2.45, 2.75) is 39.2 Å². The maximum atomic E-state index is 14.0. The highest BCUT2D eigenvalue weighted by Crippen LogP contribution is 2.22. The van der Waals surface area contributed by atoms with E-state index in [1.54, 1.807) is 17.2 Å². The van der Waals surface area contributed by atoms with Gasteiger partial charge in [0.2, 0.25) is 0 Å². The zero-order valence-corrected chi connectivity index (χ0v) is 16.2. The van der Waals surface area contributed by atoms with Gasteiger partial charge in [-0.3, -0.25) is 0 Å². The summed E-state index contributed by atoms with van der Waals surface area (Å²) in [7, 11) is 0. The molecule has 1 aromatic carbocycles. The molecule has 1 N–H and O–H groups in total. The first-order chi connectivity index (χ1) is 13.0. The van der Waals surface area contributed by atoms with Crippen molar-refractivity contribution in [2.75, 3.05) is 29.9 Å². The number of halogens is 1. The third-order valence-electron chi connectivity index (χ3n) is 5.27. The van der Waals surface area contributed by atoms with Crippen LogP contribution in [0.2, 0.25) is 0 Å². The number of nitrogens with one attached hydrogen (secondary N) is 1. The number of carbonyl (C=O) groups excluding carboxylic acids is 1. The van der Waals surface area contributed by atoms with E-state index in [9.17, 15) is 9.18 Å². The molecule has 144 valence electrons. The zero-order valence-electron chi connectivity index (χ0n) is 16.2. The lowest BCUT2D eigenvalue weighted by atomic mass is 9.99. The third kappa shape index (κ3) is 4.38. The number of anilines is 2. The maximum absolute atomic E-state index is 14.0. The molecule has 5 nitrogen and oxygen atoms in total. The molecular formula is C21H27FN4O. The summed E-state index contributed by atoms with van der Waals surface area (Å²) in [6.45, 7) is 7.96. The van der Waals surface area contributed by atoms with Crippen LogP contribution in [0, 0.1) is 5.82 Å². The summed E-state index contributed by atoms with van der Waals surface area (Å²) in [5.74, 6) is 0.531. The highest BCUT2D eigenvalue weighted by atomic mass is 19.1. The Balaban J connectivity index is 1.61. The number of carbonyl (C=O) groups is 1. The number of pyridine rings is 1. The van der Waals surface area contributed by atoms with Crippen LogP contribution >= 0.6 is 0 Å². The Labute approximate surface area is 160 Å². The van der Waals surface area contributed by atoms with Gasteiger partial charge in [0.15, 0.2) is 11.6 Å². The average Bonchev–Trinajstić information content (AvgIpc) is 2.68. The lowest BCUT2D eigenvalue weighted by molar-refractivity contribution is 0.184. The van der Waals surface area contributed by atoms with Crippen molar-refractivity contribution in [3.63, 3.8) is 0 Å². The van der Waals surface area contributed by atoms with Gasteiger partial charge in [-0.05, 0) is 49.1 Å². The van der Waals surface area contributed by atoms with Crippen LogP contribution in [-0.4, -0.2) is 41.6 Å². The van der Waals surface area contributed by atoms with Crippen LogP contribution < -0.4 is 10.2 Å². The first-order valence-electron chi connectivity index (χ1n) is 9.52. The van der Waals surface area contributed by atoms with E-state index in [2.05, 4.69) is 36.3 Å². The molecule has 3 rings (SSSR count). The number of hydrogen-bond acceptors (Lipinski definition) is 3. The van der Waals surface area contributed by atoms with E-state index in [-0.39, 0.29) is 17.9 Å². The number of hydrogen-bond donors (Lipinski definition) is 1. The lowest BCUT2D eigenvalue weighted by Gasteiger charge is -2.40. The number of rotatable bonds is 4. The minimum atomic E-state index is -0.330. The molecule has 1 fully saturated rings. The van der Waals surface area contributed by atoms with Crippen molar-refractivity contribution in [1.82, 2.24) is 9.88 Å². The van der Waals surface area contributed by atoms with Crippen LogP contribution in [0.15, 0.2) is 42.6 Å². The van der Waals surface area contributed by atoms with Crippen LogP contribution in [0.4, 0.5) is 20.7 Å². The van der Waals surface area contributed by atoms with E-state index >= 15 is 0 Å². The van der Waals surface area contributed by atoms with Gasteiger partial charge in [-0.25, -0.2) is 14.2 Å². The van der Waals surface area contributed by atoms with Crippen molar-refractivity contribution in [3.05, 3.63) is 54.0 Å². The first-order valence-corrected chi connectivity index (χ1v) is 9.52. The molecule has 2 heterocycles. The van der Waals surface area contributed by atoms with Crippen LogP contribution in [0.1, 0.15) is 38.7 Å². The summed E-state index contributed by atoms with van der Waals surface area (Å²) < 4.78 is 14.0. The number of amides is 2. The molecule has 0 spiro atoms. The van der Waals surface area contributed by atoms with Crippen molar-refractivity contribution in [2.24, 2.45) is 0 Å². The molecule has 2 atom stereocenters. The number of aromatic nitrogens is 1. The molecule has 27 heavy (non-hydrogen) atoms. The molecule has 0 unspecified atom stereocenters. The molecule has 1 aromatic heterocycles. The Morgan fingerprint density at radius 2 is 2.04 bits per heavy atom. The van der Waals surface area contributed by atoms with Gasteiger partial charge in [0.1, 0.15) is 0 Å². The molecule has 0 aliphatic carbocycles. The standard InChI is InChI=1S/C21H27FN4O/c1-4-15(2)17-7-9-18(10-8-17)24-21(27)26-13-12-25(14-16(26)3)20-19(22)6-5-11-23-20/h5-11,15-16H,4,12-14H2,1-3H3,(H,24,27)/t15-,16-/m1/s1.